The van der Waals surface area contributed by atoms with Crippen LogP contribution in [0.1, 0.15) is 31.4 Å². The molecular weight excluding hydrogens is 442 g/mol. The van der Waals surface area contributed by atoms with Crippen LogP contribution in [0.25, 0.3) is 0 Å². The topological polar surface area (TPSA) is 96.0 Å². The number of rotatable bonds is 11. The number of hydrogen-bond donors (Lipinski definition) is 1. The average molecular weight is 476 g/mol. The highest BCUT2D eigenvalue weighted by atomic mass is 32.2. The zero-order chi connectivity index (χ0) is 24.6. The number of carbonyl (C=O) groups is 2. The smallest absolute Gasteiger partial charge is 0.244 e. The molecule has 2 aromatic rings. The van der Waals surface area contributed by atoms with Gasteiger partial charge in [-0.15, -0.1) is 0 Å². The number of aryl methyl sites for hydroxylation is 1. The highest BCUT2D eigenvalue weighted by molar-refractivity contribution is 7.92. The molecule has 2 amide bonds. The molecule has 0 heterocycles. The average Bonchev–Trinajstić information content (AvgIpc) is 2.77. The maximum atomic E-state index is 13.5. The lowest BCUT2D eigenvalue weighted by molar-refractivity contribution is -0.140. The second-order valence-electron chi connectivity index (χ2n) is 7.80. The Kier molecular flexibility index (Phi) is 9.28. The Labute approximate surface area is 196 Å². The van der Waals surface area contributed by atoms with Crippen LogP contribution in [-0.4, -0.2) is 57.6 Å². The maximum absolute atomic E-state index is 13.5. The molecule has 1 atom stereocenters. The summed E-state index contributed by atoms with van der Waals surface area (Å²) in [6, 6.07) is 13.4. The quantitative estimate of drug-likeness (QED) is 0.539. The number of amides is 2. The van der Waals surface area contributed by atoms with Crippen molar-refractivity contribution in [3.8, 4) is 5.75 Å². The first kappa shape index (κ1) is 26.2. The van der Waals surface area contributed by atoms with Gasteiger partial charge in [0, 0.05) is 13.1 Å². The van der Waals surface area contributed by atoms with Gasteiger partial charge in [-0.2, -0.15) is 0 Å². The van der Waals surface area contributed by atoms with Gasteiger partial charge < -0.3 is 15.0 Å². The van der Waals surface area contributed by atoms with Gasteiger partial charge in [-0.1, -0.05) is 36.8 Å². The van der Waals surface area contributed by atoms with Gasteiger partial charge in [0.1, 0.15) is 18.3 Å². The van der Waals surface area contributed by atoms with Crippen molar-refractivity contribution in [2.45, 2.75) is 39.8 Å². The molecule has 2 rings (SSSR count). The fourth-order valence-corrected chi connectivity index (χ4v) is 4.35. The van der Waals surface area contributed by atoms with Crippen LogP contribution in [-0.2, 0) is 26.2 Å². The van der Waals surface area contributed by atoms with Crippen LogP contribution in [0.5, 0.6) is 5.75 Å². The van der Waals surface area contributed by atoms with E-state index in [1.807, 2.05) is 26.8 Å². The lowest BCUT2D eigenvalue weighted by Gasteiger charge is -2.32. The Hall–Kier alpha value is -3.07. The van der Waals surface area contributed by atoms with Gasteiger partial charge >= 0.3 is 0 Å². The number of ether oxygens (including phenoxy) is 1. The van der Waals surface area contributed by atoms with Crippen LogP contribution >= 0.6 is 0 Å². The van der Waals surface area contributed by atoms with Crippen LogP contribution < -0.4 is 14.4 Å². The molecule has 0 aromatic heterocycles. The predicted molar refractivity (Wildman–Crippen MR) is 130 cm³/mol. The lowest BCUT2D eigenvalue weighted by Crippen LogP contribution is -2.52. The number of anilines is 1. The van der Waals surface area contributed by atoms with E-state index >= 15 is 0 Å². The molecule has 0 saturated heterocycles. The predicted octanol–water partition coefficient (Wildman–Crippen LogP) is 2.71. The molecule has 0 fully saturated rings. The standard InChI is InChI=1S/C24H33N3O5S/c1-6-22(24(29)25-7-2)26(16-19-9-8-10-21(15-19)32-4)23(28)17-27(33(5,30)31)20-13-11-18(3)12-14-20/h8-15,22H,6-7,16-17H2,1-5H3,(H,25,29)/t22-/m0/s1. The van der Waals surface area contributed by atoms with Crippen molar-refractivity contribution in [2.75, 3.05) is 30.8 Å². The van der Waals surface area contributed by atoms with E-state index in [1.54, 1.807) is 49.6 Å². The zero-order valence-corrected chi connectivity index (χ0v) is 20.7. The van der Waals surface area contributed by atoms with Crippen LogP contribution in [0.15, 0.2) is 48.5 Å². The number of carbonyl (C=O) groups excluding carboxylic acids is 2. The molecule has 0 bridgehead atoms. The van der Waals surface area contributed by atoms with Gasteiger partial charge in [-0.25, -0.2) is 8.42 Å². The van der Waals surface area contributed by atoms with Crippen molar-refractivity contribution in [1.29, 1.82) is 0 Å². The van der Waals surface area contributed by atoms with Gasteiger partial charge in [0.15, 0.2) is 0 Å². The second-order valence-corrected chi connectivity index (χ2v) is 9.70. The number of hydrogen-bond acceptors (Lipinski definition) is 5. The highest BCUT2D eigenvalue weighted by Crippen LogP contribution is 2.21. The number of likely N-dealkylation sites (N-methyl/N-ethyl adjacent to an activating group) is 1. The minimum absolute atomic E-state index is 0.136. The van der Waals surface area contributed by atoms with Crippen molar-refractivity contribution in [3.05, 3.63) is 59.7 Å². The first-order valence-electron chi connectivity index (χ1n) is 10.8. The second kappa shape index (κ2) is 11.7. The molecule has 2 aromatic carbocycles. The van der Waals surface area contributed by atoms with E-state index in [0.29, 0.717) is 24.4 Å². The zero-order valence-electron chi connectivity index (χ0n) is 19.9. The molecule has 9 heteroatoms. The summed E-state index contributed by atoms with van der Waals surface area (Å²) >= 11 is 0. The molecule has 0 unspecified atom stereocenters. The van der Waals surface area contributed by atoms with Crippen molar-refractivity contribution < 1.29 is 22.7 Å². The lowest BCUT2D eigenvalue weighted by atomic mass is 10.1. The van der Waals surface area contributed by atoms with E-state index in [0.717, 1.165) is 21.7 Å². The Balaban J connectivity index is 2.43. The summed E-state index contributed by atoms with van der Waals surface area (Å²) < 4.78 is 31.4. The fourth-order valence-electron chi connectivity index (χ4n) is 3.50. The summed E-state index contributed by atoms with van der Waals surface area (Å²) in [6.45, 7) is 5.67. The normalized spacial score (nSPS) is 12.0. The van der Waals surface area contributed by atoms with Crippen LogP contribution in [0.2, 0.25) is 0 Å². The molecular formula is C24H33N3O5S. The van der Waals surface area contributed by atoms with E-state index in [-0.39, 0.29) is 12.5 Å². The summed E-state index contributed by atoms with van der Waals surface area (Å²) in [5, 5.41) is 2.77. The number of nitrogens with one attached hydrogen (secondary N) is 1. The van der Waals surface area contributed by atoms with Crippen molar-refractivity contribution in [1.82, 2.24) is 10.2 Å². The largest absolute Gasteiger partial charge is 0.497 e. The SMILES string of the molecule is CCNC(=O)[C@H](CC)N(Cc1cccc(OC)c1)C(=O)CN(c1ccc(C)cc1)S(C)(=O)=O. The van der Waals surface area contributed by atoms with Gasteiger partial charge in [0.2, 0.25) is 21.8 Å². The minimum atomic E-state index is -3.74. The summed E-state index contributed by atoms with van der Waals surface area (Å²) in [5.74, 6) is -0.122. The first-order valence-corrected chi connectivity index (χ1v) is 12.7. The molecule has 0 aliphatic carbocycles. The molecule has 0 aliphatic rings. The van der Waals surface area contributed by atoms with Crippen molar-refractivity contribution in [2.24, 2.45) is 0 Å². The van der Waals surface area contributed by atoms with E-state index in [4.69, 9.17) is 4.74 Å². The molecule has 0 radical (unpaired) electrons. The fraction of sp³-hybridized carbons (Fsp3) is 0.417. The van der Waals surface area contributed by atoms with E-state index in [1.165, 1.54) is 4.90 Å². The Morgan fingerprint density at radius 1 is 1.09 bits per heavy atom. The summed E-state index contributed by atoms with van der Waals surface area (Å²) in [5.41, 5.74) is 2.14. The summed E-state index contributed by atoms with van der Waals surface area (Å²) in [7, 11) is -2.19. The number of sulfonamides is 1. The van der Waals surface area contributed by atoms with Gasteiger partial charge in [-0.3, -0.25) is 13.9 Å². The van der Waals surface area contributed by atoms with Crippen LogP contribution in [0, 0.1) is 6.92 Å². The highest BCUT2D eigenvalue weighted by Gasteiger charge is 2.31. The monoisotopic (exact) mass is 475 g/mol. The van der Waals surface area contributed by atoms with Gasteiger partial charge in [0.05, 0.1) is 19.1 Å². The Morgan fingerprint density at radius 2 is 1.76 bits per heavy atom. The molecule has 33 heavy (non-hydrogen) atoms. The van der Waals surface area contributed by atoms with Crippen LogP contribution in [0.3, 0.4) is 0 Å². The molecule has 180 valence electrons. The van der Waals surface area contributed by atoms with Crippen molar-refractivity contribution >= 4 is 27.5 Å². The third-order valence-electron chi connectivity index (χ3n) is 5.23. The molecule has 0 saturated carbocycles. The number of nitrogens with zero attached hydrogens (tertiary/aromatic N) is 2. The Bertz CT molecular complexity index is 1050. The summed E-state index contributed by atoms with van der Waals surface area (Å²) in [4.78, 5) is 27.7. The third kappa shape index (κ3) is 7.21. The first-order chi connectivity index (χ1) is 15.6. The molecule has 0 spiro atoms. The maximum Gasteiger partial charge on any atom is 0.244 e. The third-order valence-corrected chi connectivity index (χ3v) is 6.37. The van der Waals surface area contributed by atoms with E-state index < -0.39 is 28.5 Å². The van der Waals surface area contributed by atoms with Gasteiger partial charge in [-0.05, 0) is 50.1 Å². The summed E-state index contributed by atoms with van der Waals surface area (Å²) in [6.07, 6.45) is 1.44. The van der Waals surface area contributed by atoms with E-state index in [9.17, 15) is 18.0 Å². The van der Waals surface area contributed by atoms with Crippen molar-refractivity contribution in [3.63, 3.8) is 0 Å². The Morgan fingerprint density at radius 3 is 2.30 bits per heavy atom. The van der Waals surface area contributed by atoms with Gasteiger partial charge in [0.25, 0.3) is 0 Å². The minimum Gasteiger partial charge on any atom is -0.497 e. The number of benzene rings is 2. The van der Waals surface area contributed by atoms with Crippen LogP contribution in [0.4, 0.5) is 5.69 Å². The molecule has 8 nitrogen and oxygen atoms in total. The molecule has 1 N–H and O–H groups in total. The van der Waals surface area contributed by atoms with E-state index in [2.05, 4.69) is 5.32 Å². The number of methoxy groups -OCH3 is 1. The molecule has 0 aliphatic heterocycles.